The van der Waals surface area contributed by atoms with Crippen molar-refractivity contribution in [2.75, 3.05) is 12.3 Å². The van der Waals surface area contributed by atoms with E-state index < -0.39 is 0 Å². The summed E-state index contributed by atoms with van der Waals surface area (Å²) in [4.78, 5) is 12.3. The first-order valence-electron chi connectivity index (χ1n) is 7.88. The van der Waals surface area contributed by atoms with Crippen LogP contribution in [0.1, 0.15) is 52.9 Å². The molecule has 0 radical (unpaired) electrons. The lowest BCUT2D eigenvalue weighted by Crippen LogP contribution is -2.32. The van der Waals surface area contributed by atoms with Crippen LogP contribution in [0.3, 0.4) is 0 Å². The molecule has 0 saturated carbocycles. The molecule has 0 aliphatic heterocycles. The van der Waals surface area contributed by atoms with E-state index in [1.54, 1.807) is 12.1 Å². The van der Waals surface area contributed by atoms with Gasteiger partial charge in [0.25, 0.3) is 5.91 Å². The van der Waals surface area contributed by atoms with Gasteiger partial charge in [0.15, 0.2) is 0 Å². The SMILES string of the molecule is Cc1ccc(N)cc1C(=O)NCC(N)c1ccc(C(C)C)cc1. The van der Waals surface area contributed by atoms with Gasteiger partial charge in [-0.3, -0.25) is 4.79 Å². The molecule has 0 fully saturated rings. The Labute approximate surface area is 137 Å². The summed E-state index contributed by atoms with van der Waals surface area (Å²) < 4.78 is 0. The predicted molar refractivity (Wildman–Crippen MR) is 95.4 cm³/mol. The summed E-state index contributed by atoms with van der Waals surface area (Å²) in [6.07, 6.45) is 0. The van der Waals surface area contributed by atoms with E-state index in [1.165, 1.54) is 5.56 Å². The highest BCUT2D eigenvalue weighted by Crippen LogP contribution is 2.18. The van der Waals surface area contributed by atoms with Gasteiger partial charge < -0.3 is 16.8 Å². The zero-order valence-electron chi connectivity index (χ0n) is 14.0. The Hall–Kier alpha value is -2.33. The number of nitrogens with two attached hydrogens (primary N) is 2. The van der Waals surface area contributed by atoms with Crippen molar-refractivity contribution in [1.82, 2.24) is 5.32 Å². The first kappa shape index (κ1) is 17.0. The van der Waals surface area contributed by atoms with Crippen molar-refractivity contribution in [3.8, 4) is 0 Å². The summed E-state index contributed by atoms with van der Waals surface area (Å²) >= 11 is 0. The van der Waals surface area contributed by atoms with E-state index in [0.29, 0.717) is 23.7 Å². The molecule has 2 aromatic carbocycles. The van der Waals surface area contributed by atoms with Gasteiger partial charge in [0, 0.05) is 23.8 Å². The molecule has 1 unspecified atom stereocenters. The third-order valence-corrected chi connectivity index (χ3v) is 4.02. The number of nitrogen functional groups attached to an aromatic ring is 1. The van der Waals surface area contributed by atoms with Gasteiger partial charge in [-0.05, 0) is 41.7 Å². The summed E-state index contributed by atoms with van der Waals surface area (Å²) in [6.45, 7) is 6.58. The minimum Gasteiger partial charge on any atom is -0.399 e. The van der Waals surface area contributed by atoms with Gasteiger partial charge in [0.1, 0.15) is 0 Å². The Morgan fingerprint density at radius 3 is 2.30 bits per heavy atom. The van der Waals surface area contributed by atoms with E-state index in [1.807, 2.05) is 25.1 Å². The van der Waals surface area contributed by atoms with Crippen LogP contribution >= 0.6 is 0 Å². The van der Waals surface area contributed by atoms with Crippen molar-refractivity contribution in [1.29, 1.82) is 0 Å². The van der Waals surface area contributed by atoms with Crippen LogP contribution in [0, 0.1) is 6.92 Å². The molecule has 5 N–H and O–H groups in total. The molecule has 23 heavy (non-hydrogen) atoms. The molecule has 0 aromatic heterocycles. The molecule has 2 rings (SSSR count). The van der Waals surface area contributed by atoms with Crippen LogP contribution < -0.4 is 16.8 Å². The normalized spacial score (nSPS) is 12.2. The summed E-state index contributed by atoms with van der Waals surface area (Å²) in [5.41, 5.74) is 16.3. The number of anilines is 1. The lowest BCUT2D eigenvalue weighted by Gasteiger charge is -2.15. The van der Waals surface area contributed by atoms with Crippen molar-refractivity contribution in [3.63, 3.8) is 0 Å². The van der Waals surface area contributed by atoms with Crippen LogP contribution in [-0.4, -0.2) is 12.5 Å². The van der Waals surface area contributed by atoms with Gasteiger partial charge in [-0.2, -0.15) is 0 Å². The van der Waals surface area contributed by atoms with Crippen molar-refractivity contribution < 1.29 is 4.79 Å². The molecule has 0 spiro atoms. The minimum atomic E-state index is -0.235. The molecule has 122 valence electrons. The predicted octanol–water partition coefficient (Wildman–Crippen LogP) is 3.13. The number of hydrogen-bond acceptors (Lipinski definition) is 3. The standard InChI is InChI=1S/C19H25N3O/c1-12(2)14-5-7-15(8-6-14)18(21)11-22-19(23)17-10-16(20)9-4-13(17)3/h4-10,12,18H,11,20-21H2,1-3H3,(H,22,23). The zero-order chi connectivity index (χ0) is 17.0. The average molecular weight is 311 g/mol. The second-order valence-corrected chi connectivity index (χ2v) is 6.21. The fourth-order valence-electron chi connectivity index (χ4n) is 2.43. The van der Waals surface area contributed by atoms with Crippen LogP contribution in [0.5, 0.6) is 0 Å². The van der Waals surface area contributed by atoms with Crippen molar-refractivity contribution in [2.24, 2.45) is 5.73 Å². The Morgan fingerprint density at radius 1 is 1.09 bits per heavy atom. The van der Waals surface area contributed by atoms with E-state index in [4.69, 9.17) is 11.5 Å². The Morgan fingerprint density at radius 2 is 1.70 bits per heavy atom. The molecule has 0 aliphatic carbocycles. The number of hydrogen-bond donors (Lipinski definition) is 3. The maximum atomic E-state index is 12.3. The second kappa shape index (κ2) is 7.29. The maximum Gasteiger partial charge on any atom is 0.251 e. The maximum absolute atomic E-state index is 12.3. The van der Waals surface area contributed by atoms with Gasteiger partial charge in [-0.15, -0.1) is 0 Å². The van der Waals surface area contributed by atoms with Crippen LogP contribution in [0.4, 0.5) is 5.69 Å². The number of carbonyl (C=O) groups excluding carboxylic acids is 1. The average Bonchev–Trinajstić information content (AvgIpc) is 2.54. The third kappa shape index (κ3) is 4.33. The lowest BCUT2D eigenvalue weighted by atomic mass is 9.99. The molecule has 4 heteroatoms. The Balaban J connectivity index is 1.99. The van der Waals surface area contributed by atoms with E-state index >= 15 is 0 Å². The van der Waals surface area contributed by atoms with Gasteiger partial charge in [-0.1, -0.05) is 44.2 Å². The molecule has 0 aliphatic rings. The van der Waals surface area contributed by atoms with E-state index in [-0.39, 0.29) is 11.9 Å². The smallest absolute Gasteiger partial charge is 0.251 e. The van der Waals surface area contributed by atoms with E-state index in [9.17, 15) is 4.79 Å². The highest BCUT2D eigenvalue weighted by atomic mass is 16.1. The fourth-order valence-corrected chi connectivity index (χ4v) is 2.43. The quantitative estimate of drug-likeness (QED) is 0.742. The molecule has 0 heterocycles. The van der Waals surface area contributed by atoms with Crippen molar-refractivity contribution in [3.05, 3.63) is 64.7 Å². The molecule has 1 atom stereocenters. The Bertz CT molecular complexity index is 678. The number of nitrogens with one attached hydrogen (secondary N) is 1. The summed E-state index contributed by atoms with van der Waals surface area (Å²) in [7, 11) is 0. The highest BCUT2D eigenvalue weighted by Gasteiger charge is 2.12. The van der Waals surface area contributed by atoms with Gasteiger partial charge in [-0.25, -0.2) is 0 Å². The van der Waals surface area contributed by atoms with E-state index in [0.717, 1.165) is 11.1 Å². The van der Waals surface area contributed by atoms with Crippen LogP contribution in [0.15, 0.2) is 42.5 Å². The van der Waals surface area contributed by atoms with Gasteiger partial charge in [0.2, 0.25) is 0 Å². The van der Waals surface area contributed by atoms with Gasteiger partial charge in [0.05, 0.1) is 0 Å². The fraction of sp³-hybridized carbons (Fsp3) is 0.316. The number of amides is 1. The van der Waals surface area contributed by atoms with Crippen LogP contribution in [-0.2, 0) is 0 Å². The number of rotatable bonds is 5. The molecule has 2 aromatic rings. The summed E-state index contributed by atoms with van der Waals surface area (Å²) in [6, 6.07) is 13.3. The summed E-state index contributed by atoms with van der Waals surface area (Å²) in [5.74, 6) is 0.343. The first-order chi connectivity index (χ1) is 10.9. The Kier molecular flexibility index (Phi) is 5.40. The highest BCUT2D eigenvalue weighted by molar-refractivity contribution is 5.96. The van der Waals surface area contributed by atoms with Gasteiger partial charge >= 0.3 is 0 Å². The molecule has 4 nitrogen and oxygen atoms in total. The molecular weight excluding hydrogens is 286 g/mol. The minimum absolute atomic E-state index is 0.149. The third-order valence-electron chi connectivity index (χ3n) is 4.02. The monoisotopic (exact) mass is 311 g/mol. The molecule has 0 bridgehead atoms. The zero-order valence-corrected chi connectivity index (χ0v) is 14.0. The van der Waals surface area contributed by atoms with Crippen molar-refractivity contribution in [2.45, 2.75) is 32.7 Å². The topological polar surface area (TPSA) is 81.1 Å². The largest absolute Gasteiger partial charge is 0.399 e. The molecule has 0 saturated heterocycles. The number of aryl methyl sites for hydroxylation is 1. The number of carbonyl (C=O) groups is 1. The summed E-state index contributed by atoms with van der Waals surface area (Å²) in [5, 5.41) is 2.88. The lowest BCUT2D eigenvalue weighted by molar-refractivity contribution is 0.0950. The first-order valence-corrected chi connectivity index (χ1v) is 7.88. The van der Waals surface area contributed by atoms with Crippen molar-refractivity contribution >= 4 is 11.6 Å². The number of benzene rings is 2. The molecule has 1 amide bonds. The van der Waals surface area contributed by atoms with Crippen LogP contribution in [0.25, 0.3) is 0 Å². The second-order valence-electron chi connectivity index (χ2n) is 6.21. The van der Waals surface area contributed by atoms with Crippen LogP contribution in [0.2, 0.25) is 0 Å². The van der Waals surface area contributed by atoms with E-state index in [2.05, 4.69) is 31.3 Å². The molecular formula is C19H25N3O.